The molecule has 0 saturated carbocycles. The summed E-state index contributed by atoms with van der Waals surface area (Å²) in [5.74, 6) is 0.901. The Morgan fingerprint density at radius 1 is 1.50 bits per heavy atom. The summed E-state index contributed by atoms with van der Waals surface area (Å²) in [7, 11) is 0. The lowest BCUT2D eigenvalue weighted by Crippen LogP contribution is -2.45. The highest BCUT2D eigenvalue weighted by molar-refractivity contribution is 9.09. The maximum Gasteiger partial charge on any atom is 0.233 e. The van der Waals surface area contributed by atoms with E-state index in [9.17, 15) is 4.79 Å². The van der Waals surface area contributed by atoms with Crippen molar-refractivity contribution in [1.29, 1.82) is 0 Å². The van der Waals surface area contributed by atoms with E-state index in [2.05, 4.69) is 29.8 Å². The number of likely N-dealkylation sites (tertiary alicyclic amines) is 1. The molecule has 1 aliphatic heterocycles. The van der Waals surface area contributed by atoms with E-state index < -0.39 is 0 Å². The third-order valence-electron chi connectivity index (χ3n) is 2.55. The highest BCUT2D eigenvalue weighted by atomic mass is 79.9. The number of carbonyl (C=O) groups excluding carboxylic acids is 1. The van der Waals surface area contributed by atoms with Crippen molar-refractivity contribution in [2.45, 2.75) is 32.7 Å². The standard InChI is InChI=1S/C9H16BrNO/c1-7-3-4-8(2)11(6-7)9(12)5-10/h7-8H,3-6H2,1-2H3. The molecule has 1 saturated heterocycles. The number of carbonyl (C=O) groups is 1. The minimum Gasteiger partial charge on any atom is -0.339 e. The first-order chi connectivity index (χ1) is 5.65. The maximum atomic E-state index is 11.4. The number of hydrogen-bond acceptors (Lipinski definition) is 1. The first kappa shape index (κ1) is 10.0. The van der Waals surface area contributed by atoms with Crippen molar-refractivity contribution in [3.63, 3.8) is 0 Å². The summed E-state index contributed by atoms with van der Waals surface area (Å²) >= 11 is 3.21. The maximum absolute atomic E-state index is 11.4. The molecule has 0 aromatic heterocycles. The van der Waals surface area contributed by atoms with E-state index in [0.717, 1.165) is 13.0 Å². The Balaban J connectivity index is 2.54. The molecule has 0 bridgehead atoms. The fourth-order valence-electron chi connectivity index (χ4n) is 1.71. The van der Waals surface area contributed by atoms with Gasteiger partial charge in [-0.25, -0.2) is 0 Å². The van der Waals surface area contributed by atoms with E-state index in [4.69, 9.17) is 0 Å². The van der Waals surface area contributed by atoms with Crippen LogP contribution in [0.15, 0.2) is 0 Å². The van der Waals surface area contributed by atoms with Gasteiger partial charge < -0.3 is 4.90 Å². The smallest absolute Gasteiger partial charge is 0.233 e. The molecule has 2 nitrogen and oxygen atoms in total. The summed E-state index contributed by atoms with van der Waals surface area (Å²) in [6, 6.07) is 0.436. The summed E-state index contributed by atoms with van der Waals surface area (Å²) in [6.45, 7) is 5.28. The van der Waals surface area contributed by atoms with Gasteiger partial charge in [-0.15, -0.1) is 0 Å². The summed E-state index contributed by atoms with van der Waals surface area (Å²) < 4.78 is 0. The lowest BCUT2D eigenvalue weighted by molar-refractivity contribution is -0.132. The first-order valence-electron chi connectivity index (χ1n) is 4.50. The third-order valence-corrected chi connectivity index (χ3v) is 3.03. The molecule has 3 heteroatoms. The molecule has 1 rings (SSSR count). The van der Waals surface area contributed by atoms with Gasteiger partial charge in [-0.2, -0.15) is 0 Å². The molecular formula is C9H16BrNO. The van der Waals surface area contributed by atoms with Gasteiger partial charge in [0.05, 0.1) is 5.33 Å². The zero-order valence-corrected chi connectivity index (χ0v) is 9.30. The molecule has 0 spiro atoms. The fraction of sp³-hybridized carbons (Fsp3) is 0.889. The van der Waals surface area contributed by atoms with E-state index in [1.54, 1.807) is 0 Å². The highest BCUT2D eigenvalue weighted by Gasteiger charge is 2.25. The number of hydrogen-bond donors (Lipinski definition) is 0. The van der Waals surface area contributed by atoms with Crippen molar-refractivity contribution in [1.82, 2.24) is 4.90 Å². The Morgan fingerprint density at radius 3 is 2.75 bits per heavy atom. The van der Waals surface area contributed by atoms with Crippen molar-refractivity contribution >= 4 is 21.8 Å². The Kier molecular flexibility index (Phi) is 3.56. The van der Waals surface area contributed by atoms with Crippen molar-refractivity contribution in [3.05, 3.63) is 0 Å². The zero-order valence-electron chi connectivity index (χ0n) is 7.72. The molecule has 1 fully saturated rings. The molecule has 1 aliphatic rings. The number of piperidine rings is 1. The molecular weight excluding hydrogens is 218 g/mol. The minimum atomic E-state index is 0.231. The quantitative estimate of drug-likeness (QED) is 0.635. The summed E-state index contributed by atoms with van der Waals surface area (Å²) in [5, 5.41) is 0.462. The second kappa shape index (κ2) is 4.26. The molecule has 0 aliphatic carbocycles. The van der Waals surface area contributed by atoms with Crippen LogP contribution < -0.4 is 0 Å². The minimum absolute atomic E-state index is 0.231. The molecule has 12 heavy (non-hydrogen) atoms. The molecule has 0 N–H and O–H groups in total. The lowest BCUT2D eigenvalue weighted by atomic mass is 9.95. The van der Waals surface area contributed by atoms with Crippen LogP contribution in [-0.4, -0.2) is 28.7 Å². The van der Waals surface area contributed by atoms with Gasteiger partial charge in [0.15, 0.2) is 0 Å². The first-order valence-corrected chi connectivity index (χ1v) is 5.62. The highest BCUT2D eigenvalue weighted by Crippen LogP contribution is 2.21. The van der Waals surface area contributed by atoms with Gasteiger partial charge in [0.1, 0.15) is 0 Å². The number of amides is 1. The van der Waals surface area contributed by atoms with E-state index in [0.29, 0.717) is 17.3 Å². The normalized spacial score (nSPS) is 30.4. The van der Waals surface area contributed by atoms with Crippen LogP contribution in [0.4, 0.5) is 0 Å². The Hall–Kier alpha value is -0.0500. The van der Waals surface area contributed by atoms with Crippen LogP contribution in [0.1, 0.15) is 26.7 Å². The van der Waals surface area contributed by atoms with Crippen LogP contribution in [0.25, 0.3) is 0 Å². The van der Waals surface area contributed by atoms with E-state index >= 15 is 0 Å². The van der Waals surface area contributed by atoms with Gasteiger partial charge >= 0.3 is 0 Å². The van der Waals surface area contributed by atoms with Crippen LogP contribution in [0.5, 0.6) is 0 Å². The molecule has 0 aromatic rings. The average molecular weight is 234 g/mol. The average Bonchev–Trinajstić information content (AvgIpc) is 2.08. The van der Waals surface area contributed by atoms with Crippen molar-refractivity contribution in [2.24, 2.45) is 5.92 Å². The van der Waals surface area contributed by atoms with Crippen molar-refractivity contribution < 1.29 is 4.79 Å². The Bertz CT molecular complexity index is 172. The van der Waals surface area contributed by atoms with Gasteiger partial charge in [-0.05, 0) is 25.7 Å². The fourth-order valence-corrected chi connectivity index (χ4v) is 2.04. The molecule has 1 amide bonds. The summed E-state index contributed by atoms with van der Waals surface area (Å²) in [4.78, 5) is 13.4. The molecule has 2 atom stereocenters. The number of nitrogens with zero attached hydrogens (tertiary/aromatic N) is 1. The van der Waals surface area contributed by atoms with Gasteiger partial charge in [-0.3, -0.25) is 4.79 Å². The predicted octanol–water partition coefficient (Wildman–Crippen LogP) is 2.03. The van der Waals surface area contributed by atoms with Gasteiger partial charge in [0.25, 0.3) is 0 Å². The predicted molar refractivity (Wildman–Crippen MR) is 53.4 cm³/mol. The number of alkyl halides is 1. The largest absolute Gasteiger partial charge is 0.339 e. The molecule has 0 aromatic carbocycles. The summed E-state index contributed by atoms with van der Waals surface area (Å²) in [5.41, 5.74) is 0. The van der Waals surface area contributed by atoms with Gasteiger partial charge in [-0.1, -0.05) is 22.9 Å². The number of rotatable bonds is 1. The van der Waals surface area contributed by atoms with Gasteiger partial charge in [0.2, 0.25) is 5.91 Å². The van der Waals surface area contributed by atoms with Crippen molar-refractivity contribution in [3.8, 4) is 0 Å². The second-order valence-corrected chi connectivity index (χ2v) is 4.27. The van der Waals surface area contributed by atoms with Crippen LogP contribution in [-0.2, 0) is 4.79 Å². The Labute approximate surface area is 82.4 Å². The van der Waals surface area contributed by atoms with Crippen molar-refractivity contribution in [2.75, 3.05) is 11.9 Å². The zero-order chi connectivity index (χ0) is 9.14. The van der Waals surface area contributed by atoms with E-state index in [1.165, 1.54) is 6.42 Å². The van der Waals surface area contributed by atoms with Crippen LogP contribution in [0.2, 0.25) is 0 Å². The molecule has 1 heterocycles. The lowest BCUT2D eigenvalue weighted by Gasteiger charge is -2.36. The molecule has 0 radical (unpaired) electrons. The van der Waals surface area contributed by atoms with Crippen LogP contribution in [0.3, 0.4) is 0 Å². The van der Waals surface area contributed by atoms with Crippen LogP contribution in [0, 0.1) is 5.92 Å². The monoisotopic (exact) mass is 233 g/mol. The van der Waals surface area contributed by atoms with Crippen LogP contribution >= 0.6 is 15.9 Å². The van der Waals surface area contributed by atoms with E-state index in [1.807, 2.05) is 4.90 Å². The molecule has 70 valence electrons. The second-order valence-electron chi connectivity index (χ2n) is 3.71. The Morgan fingerprint density at radius 2 is 2.17 bits per heavy atom. The summed E-state index contributed by atoms with van der Waals surface area (Å²) in [6.07, 6.45) is 2.41. The molecule has 2 unspecified atom stereocenters. The van der Waals surface area contributed by atoms with E-state index in [-0.39, 0.29) is 5.91 Å². The third kappa shape index (κ3) is 2.22. The topological polar surface area (TPSA) is 20.3 Å². The SMILES string of the molecule is CC1CCC(C)N(C(=O)CBr)C1. The van der Waals surface area contributed by atoms with Gasteiger partial charge in [0, 0.05) is 12.6 Å². The number of halogens is 1.